The number of benzene rings is 1. The Balaban J connectivity index is 1.92. The molecule has 2 aromatic rings. The molecule has 0 spiro atoms. The van der Waals surface area contributed by atoms with Crippen LogP contribution in [0.25, 0.3) is 10.9 Å². The van der Waals surface area contributed by atoms with Gasteiger partial charge in [-0.3, -0.25) is 4.98 Å². The highest BCUT2D eigenvalue weighted by molar-refractivity contribution is 6.10. The van der Waals surface area contributed by atoms with Gasteiger partial charge in [-0.05, 0) is 19.8 Å². The molecule has 1 aliphatic heterocycles. The van der Waals surface area contributed by atoms with Crippen molar-refractivity contribution in [3.8, 4) is 5.75 Å². The van der Waals surface area contributed by atoms with Crippen LogP contribution >= 0.6 is 0 Å². The zero-order chi connectivity index (χ0) is 17.4. The van der Waals surface area contributed by atoms with Gasteiger partial charge in [0.1, 0.15) is 11.3 Å². The topological polar surface area (TPSA) is 72.5 Å². The molecule has 0 saturated heterocycles. The maximum Gasteiger partial charge on any atom is 0.341 e. The lowest BCUT2D eigenvalue weighted by Gasteiger charge is -2.32. The maximum absolute atomic E-state index is 12.5. The summed E-state index contributed by atoms with van der Waals surface area (Å²) in [6.07, 6.45) is 6.19. The van der Waals surface area contributed by atoms with Crippen molar-refractivity contribution >= 4 is 28.2 Å². The van der Waals surface area contributed by atoms with E-state index in [-0.39, 0.29) is 12.0 Å². The highest BCUT2D eigenvalue weighted by Gasteiger charge is 2.31. The van der Waals surface area contributed by atoms with E-state index in [1.807, 2.05) is 19.1 Å². The standard InChI is InChI=1S/C19H23N3O3/c1-3-25-19(23)12-10-20-15-8-11(24-2)9-16-17(15)18(12)22-14-7-5-4-6-13(14)21-16/h8-10,13-14,21-22H,3-7H2,1-2H3. The molecule has 2 unspecified atom stereocenters. The second kappa shape index (κ2) is 6.43. The fraction of sp³-hybridized carbons (Fsp3) is 0.474. The number of carbonyl (C=O) groups is 1. The Morgan fingerprint density at radius 1 is 1.24 bits per heavy atom. The van der Waals surface area contributed by atoms with Crippen molar-refractivity contribution in [3.05, 3.63) is 23.9 Å². The van der Waals surface area contributed by atoms with E-state index in [0.29, 0.717) is 18.2 Å². The van der Waals surface area contributed by atoms with E-state index in [9.17, 15) is 4.79 Å². The normalized spacial score (nSPS) is 21.5. The van der Waals surface area contributed by atoms with Gasteiger partial charge in [0.25, 0.3) is 0 Å². The molecular formula is C19H23N3O3. The lowest BCUT2D eigenvalue weighted by molar-refractivity contribution is 0.0527. The van der Waals surface area contributed by atoms with Gasteiger partial charge in [-0.2, -0.15) is 0 Å². The Bertz CT molecular complexity index is 821. The van der Waals surface area contributed by atoms with Crippen LogP contribution in [0.2, 0.25) is 0 Å². The number of rotatable bonds is 3. The first kappa shape index (κ1) is 16.0. The third-order valence-corrected chi connectivity index (χ3v) is 5.11. The van der Waals surface area contributed by atoms with E-state index in [1.165, 1.54) is 12.8 Å². The molecule has 2 heterocycles. The van der Waals surface area contributed by atoms with Gasteiger partial charge in [-0.25, -0.2) is 4.79 Å². The van der Waals surface area contributed by atoms with E-state index in [4.69, 9.17) is 9.47 Å². The average Bonchev–Trinajstić information content (AvgIpc) is 2.79. The predicted molar refractivity (Wildman–Crippen MR) is 97.5 cm³/mol. The van der Waals surface area contributed by atoms with Crippen LogP contribution in [-0.4, -0.2) is 36.8 Å². The second-order valence-electron chi connectivity index (χ2n) is 6.62. The Hall–Kier alpha value is -2.50. The van der Waals surface area contributed by atoms with Gasteiger partial charge < -0.3 is 20.1 Å². The molecule has 0 amide bonds. The number of anilines is 2. The Morgan fingerprint density at radius 3 is 2.72 bits per heavy atom. The van der Waals surface area contributed by atoms with E-state index < -0.39 is 0 Å². The van der Waals surface area contributed by atoms with Gasteiger partial charge in [-0.15, -0.1) is 0 Å². The van der Waals surface area contributed by atoms with Crippen LogP contribution in [0.15, 0.2) is 18.3 Å². The summed E-state index contributed by atoms with van der Waals surface area (Å²) in [4.78, 5) is 16.9. The number of fused-ring (bicyclic) bond motifs is 1. The summed E-state index contributed by atoms with van der Waals surface area (Å²) in [6, 6.07) is 4.49. The minimum absolute atomic E-state index is 0.283. The number of hydrogen-bond donors (Lipinski definition) is 2. The van der Waals surface area contributed by atoms with E-state index >= 15 is 0 Å². The first-order valence-electron chi connectivity index (χ1n) is 8.92. The molecule has 0 radical (unpaired) electrons. The largest absolute Gasteiger partial charge is 0.497 e. The molecule has 1 aromatic heterocycles. The molecule has 0 bridgehead atoms. The van der Waals surface area contributed by atoms with Crippen LogP contribution in [0.3, 0.4) is 0 Å². The highest BCUT2D eigenvalue weighted by Crippen LogP contribution is 2.41. The summed E-state index contributed by atoms with van der Waals surface area (Å²) in [5.74, 6) is 0.419. The van der Waals surface area contributed by atoms with Gasteiger partial charge in [0, 0.05) is 41.5 Å². The van der Waals surface area contributed by atoms with Crippen LogP contribution in [0.4, 0.5) is 11.4 Å². The van der Waals surface area contributed by atoms with Crippen molar-refractivity contribution in [2.75, 3.05) is 24.4 Å². The predicted octanol–water partition coefficient (Wildman–Crippen LogP) is 3.57. The van der Waals surface area contributed by atoms with E-state index in [2.05, 4.69) is 15.6 Å². The third-order valence-electron chi connectivity index (χ3n) is 5.11. The lowest BCUT2D eigenvalue weighted by atomic mass is 9.90. The SMILES string of the molecule is CCOC(=O)c1cnc2cc(OC)cc3c2c1NC1CCCCC1N3. The molecule has 4 rings (SSSR count). The monoisotopic (exact) mass is 341 g/mol. The van der Waals surface area contributed by atoms with Crippen LogP contribution in [0.5, 0.6) is 5.75 Å². The quantitative estimate of drug-likeness (QED) is 0.832. The van der Waals surface area contributed by atoms with Crippen molar-refractivity contribution < 1.29 is 14.3 Å². The number of pyridine rings is 1. The molecule has 2 N–H and O–H groups in total. The Morgan fingerprint density at radius 2 is 2.00 bits per heavy atom. The van der Waals surface area contributed by atoms with Gasteiger partial charge in [0.15, 0.2) is 0 Å². The smallest absolute Gasteiger partial charge is 0.341 e. The van der Waals surface area contributed by atoms with Crippen molar-refractivity contribution in [3.63, 3.8) is 0 Å². The summed E-state index contributed by atoms with van der Waals surface area (Å²) < 4.78 is 10.7. The second-order valence-corrected chi connectivity index (χ2v) is 6.62. The van der Waals surface area contributed by atoms with Crippen LogP contribution < -0.4 is 15.4 Å². The lowest BCUT2D eigenvalue weighted by Crippen LogP contribution is -2.40. The summed E-state index contributed by atoms with van der Waals surface area (Å²) in [6.45, 7) is 2.16. The van der Waals surface area contributed by atoms with Gasteiger partial charge >= 0.3 is 5.97 Å². The minimum atomic E-state index is -0.338. The van der Waals surface area contributed by atoms with Crippen molar-refractivity contribution in [1.82, 2.24) is 4.98 Å². The number of nitrogens with zero attached hydrogens (tertiary/aromatic N) is 1. The van der Waals surface area contributed by atoms with Crippen molar-refractivity contribution in [2.45, 2.75) is 44.7 Å². The first-order chi connectivity index (χ1) is 12.2. The molecule has 132 valence electrons. The zero-order valence-corrected chi connectivity index (χ0v) is 14.6. The van der Waals surface area contributed by atoms with E-state index in [0.717, 1.165) is 40.9 Å². The molecular weight excluding hydrogens is 318 g/mol. The molecule has 1 aromatic carbocycles. The van der Waals surface area contributed by atoms with Gasteiger partial charge in [0.05, 0.1) is 24.9 Å². The summed E-state index contributed by atoms with van der Waals surface area (Å²) >= 11 is 0. The summed E-state index contributed by atoms with van der Waals surface area (Å²) in [5, 5.41) is 8.22. The fourth-order valence-corrected chi connectivity index (χ4v) is 3.91. The maximum atomic E-state index is 12.5. The van der Waals surface area contributed by atoms with Crippen LogP contribution in [-0.2, 0) is 4.74 Å². The minimum Gasteiger partial charge on any atom is -0.497 e. The number of methoxy groups -OCH3 is 1. The van der Waals surface area contributed by atoms with Crippen molar-refractivity contribution in [1.29, 1.82) is 0 Å². The van der Waals surface area contributed by atoms with E-state index in [1.54, 1.807) is 13.3 Å². The van der Waals surface area contributed by atoms with Crippen LogP contribution in [0.1, 0.15) is 43.0 Å². The molecule has 2 aliphatic rings. The van der Waals surface area contributed by atoms with Crippen molar-refractivity contribution in [2.24, 2.45) is 0 Å². The molecule has 1 saturated carbocycles. The van der Waals surface area contributed by atoms with Crippen LogP contribution in [0, 0.1) is 0 Å². The molecule has 1 fully saturated rings. The highest BCUT2D eigenvalue weighted by atomic mass is 16.5. The summed E-state index contributed by atoms with van der Waals surface area (Å²) in [7, 11) is 1.65. The fourth-order valence-electron chi connectivity index (χ4n) is 3.91. The average molecular weight is 341 g/mol. The number of esters is 1. The first-order valence-corrected chi connectivity index (χ1v) is 8.92. The number of aromatic nitrogens is 1. The summed E-state index contributed by atoms with van der Waals surface area (Å²) in [5.41, 5.74) is 3.08. The Labute approximate surface area is 146 Å². The number of ether oxygens (including phenoxy) is 2. The zero-order valence-electron chi connectivity index (χ0n) is 14.6. The molecule has 2 atom stereocenters. The molecule has 6 heteroatoms. The Kier molecular flexibility index (Phi) is 4.11. The third kappa shape index (κ3) is 2.75. The van der Waals surface area contributed by atoms with Gasteiger partial charge in [-0.1, -0.05) is 12.8 Å². The number of hydrogen-bond acceptors (Lipinski definition) is 6. The number of carbonyl (C=O) groups excluding carboxylic acids is 1. The van der Waals surface area contributed by atoms with Gasteiger partial charge in [0.2, 0.25) is 0 Å². The molecule has 25 heavy (non-hydrogen) atoms. The molecule has 6 nitrogen and oxygen atoms in total. The molecule has 1 aliphatic carbocycles. The number of nitrogens with one attached hydrogen (secondary N) is 2.